The SMILES string of the molecule is COc1ccccc1CN1CCC(NC(=O)c2ccc(CSc3nc4ccccc4[nH]3)cc2)CC1. The number of piperidine rings is 1. The second-order valence-corrected chi connectivity index (χ2v) is 9.84. The number of likely N-dealkylation sites (tertiary alicyclic amines) is 1. The number of amides is 1. The van der Waals surface area contributed by atoms with E-state index in [1.807, 2.05) is 66.7 Å². The van der Waals surface area contributed by atoms with Gasteiger partial charge in [-0.1, -0.05) is 54.2 Å². The molecule has 35 heavy (non-hydrogen) atoms. The standard InChI is InChI=1S/C28H30N4O2S/c1-34-26-9-5-2-6-22(26)18-32-16-14-23(15-17-32)29-27(33)21-12-10-20(11-13-21)19-35-28-30-24-7-3-4-8-25(24)31-28/h2-13,23H,14-19H2,1H3,(H,29,33)(H,30,31). The molecule has 1 aromatic heterocycles. The molecule has 1 aliphatic rings. The zero-order valence-corrected chi connectivity index (χ0v) is 20.7. The van der Waals surface area contributed by atoms with Gasteiger partial charge < -0.3 is 15.0 Å². The molecule has 0 bridgehead atoms. The first-order chi connectivity index (χ1) is 17.2. The molecule has 0 atom stereocenters. The predicted octanol–water partition coefficient (Wildman–Crippen LogP) is 5.26. The van der Waals surface area contributed by atoms with Crippen LogP contribution in [0, 0.1) is 0 Å². The van der Waals surface area contributed by atoms with Gasteiger partial charge in [0.15, 0.2) is 5.16 Å². The predicted molar refractivity (Wildman–Crippen MR) is 141 cm³/mol. The molecule has 1 saturated heterocycles. The first-order valence-corrected chi connectivity index (χ1v) is 13.0. The maximum absolute atomic E-state index is 12.8. The van der Waals surface area contributed by atoms with Crippen molar-refractivity contribution in [1.29, 1.82) is 0 Å². The van der Waals surface area contributed by atoms with Crippen molar-refractivity contribution in [3.05, 3.63) is 89.5 Å². The third-order valence-corrected chi connectivity index (χ3v) is 7.41. The molecule has 6 nitrogen and oxygen atoms in total. The molecular weight excluding hydrogens is 456 g/mol. The number of H-pyrrole nitrogens is 1. The van der Waals surface area contributed by atoms with Gasteiger partial charge >= 0.3 is 0 Å². The van der Waals surface area contributed by atoms with Crippen molar-refractivity contribution in [2.24, 2.45) is 0 Å². The summed E-state index contributed by atoms with van der Waals surface area (Å²) in [7, 11) is 1.72. The number of nitrogens with one attached hydrogen (secondary N) is 2. The number of aromatic nitrogens is 2. The molecule has 2 N–H and O–H groups in total. The normalized spacial score (nSPS) is 14.8. The number of benzene rings is 3. The first kappa shape index (κ1) is 23.5. The molecule has 5 rings (SSSR count). The van der Waals surface area contributed by atoms with Crippen LogP contribution in [0.15, 0.2) is 78.0 Å². The van der Waals surface area contributed by atoms with E-state index in [1.54, 1.807) is 18.9 Å². The Balaban J connectivity index is 1.09. The molecule has 1 fully saturated rings. The molecule has 0 radical (unpaired) electrons. The summed E-state index contributed by atoms with van der Waals surface area (Å²) in [6.45, 7) is 2.79. The molecule has 180 valence electrons. The zero-order chi connectivity index (χ0) is 24.0. The van der Waals surface area contributed by atoms with Crippen LogP contribution in [0.3, 0.4) is 0 Å². The summed E-state index contributed by atoms with van der Waals surface area (Å²) in [4.78, 5) is 23.2. The summed E-state index contributed by atoms with van der Waals surface area (Å²) in [5, 5.41) is 4.13. The topological polar surface area (TPSA) is 70.2 Å². The minimum atomic E-state index is 0.00432. The minimum Gasteiger partial charge on any atom is -0.496 e. The van der Waals surface area contributed by atoms with Gasteiger partial charge in [0.2, 0.25) is 0 Å². The second kappa shape index (κ2) is 11.0. The van der Waals surface area contributed by atoms with E-state index < -0.39 is 0 Å². The highest BCUT2D eigenvalue weighted by Crippen LogP contribution is 2.24. The van der Waals surface area contributed by atoms with Crippen LogP contribution >= 0.6 is 11.8 Å². The smallest absolute Gasteiger partial charge is 0.251 e. The number of carbonyl (C=O) groups is 1. The van der Waals surface area contributed by atoms with Crippen LogP contribution in [-0.4, -0.2) is 47.0 Å². The Hall–Kier alpha value is -3.29. The molecule has 4 aromatic rings. The lowest BCUT2D eigenvalue weighted by molar-refractivity contribution is 0.0908. The molecule has 0 saturated carbocycles. The summed E-state index contributed by atoms with van der Waals surface area (Å²) in [5.74, 6) is 1.74. The third kappa shape index (κ3) is 5.86. The number of nitrogens with zero attached hydrogens (tertiary/aromatic N) is 2. The lowest BCUT2D eigenvalue weighted by Gasteiger charge is -2.32. The molecule has 0 spiro atoms. The summed E-state index contributed by atoms with van der Waals surface area (Å²) < 4.78 is 5.48. The van der Waals surface area contributed by atoms with E-state index in [0.29, 0.717) is 5.56 Å². The molecular formula is C28H30N4O2S. The van der Waals surface area contributed by atoms with Crippen LogP contribution in [0.5, 0.6) is 5.75 Å². The van der Waals surface area contributed by atoms with E-state index in [1.165, 1.54) is 5.56 Å². The van der Waals surface area contributed by atoms with Gasteiger partial charge in [-0.15, -0.1) is 0 Å². The number of carbonyl (C=O) groups excluding carboxylic acids is 1. The van der Waals surface area contributed by atoms with E-state index in [9.17, 15) is 4.79 Å². The van der Waals surface area contributed by atoms with E-state index in [-0.39, 0.29) is 11.9 Å². The first-order valence-electron chi connectivity index (χ1n) is 12.0. The average Bonchev–Trinajstić information content (AvgIpc) is 3.32. The number of aromatic amines is 1. The fraction of sp³-hybridized carbons (Fsp3) is 0.286. The molecule has 0 aliphatic carbocycles. The lowest BCUT2D eigenvalue weighted by atomic mass is 10.0. The van der Waals surface area contributed by atoms with Crippen molar-refractivity contribution in [2.45, 2.75) is 36.3 Å². The molecule has 0 unspecified atom stereocenters. The number of para-hydroxylation sites is 3. The highest BCUT2D eigenvalue weighted by atomic mass is 32.2. The van der Waals surface area contributed by atoms with Crippen molar-refractivity contribution in [2.75, 3.05) is 20.2 Å². The zero-order valence-electron chi connectivity index (χ0n) is 19.9. The van der Waals surface area contributed by atoms with Crippen LogP contribution < -0.4 is 10.1 Å². The van der Waals surface area contributed by atoms with Gasteiger partial charge in [-0.3, -0.25) is 9.69 Å². The van der Waals surface area contributed by atoms with E-state index >= 15 is 0 Å². The van der Waals surface area contributed by atoms with Crippen molar-refractivity contribution in [1.82, 2.24) is 20.2 Å². The fourth-order valence-electron chi connectivity index (χ4n) is 4.48. The summed E-state index contributed by atoms with van der Waals surface area (Å²) >= 11 is 1.67. The molecule has 3 aromatic carbocycles. The largest absolute Gasteiger partial charge is 0.496 e. The number of rotatable bonds is 8. The minimum absolute atomic E-state index is 0.00432. The Morgan fingerprint density at radius 3 is 2.57 bits per heavy atom. The second-order valence-electron chi connectivity index (χ2n) is 8.88. The molecule has 1 amide bonds. The van der Waals surface area contributed by atoms with Gasteiger partial charge in [0.05, 0.1) is 18.1 Å². The number of hydrogen-bond donors (Lipinski definition) is 2. The van der Waals surface area contributed by atoms with Crippen LogP contribution in [-0.2, 0) is 12.3 Å². The monoisotopic (exact) mass is 486 g/mol. The lowest BCUT2D eigenvalue weighted by Crippen LogP contribution is -2.44. The quantitative estimate of drug-likeness (QED) is 0.333. The number of hydrogen-bond acceptors (Lipinski definition) is 5. The van der Waals surface area contributed by atoms with Crippen LogP contribution in [0.4, 0.5) is 0 Å². The van der Waals surface area contributed by atoms with E-state index in [2.05, 4.69) is 26.3 Å². The van der Waals surface area contributed by atoms with Gasteiger partial charge in [-0.05, 0) is 48.7 Å². The maximum atomic E-state index is 12.8. The number of imidazole rings is 1. The van der Waals surface area contributed by atoms with Crippen molar-refractivity contribution >= 4 is 28.7 Å². The average molecular weight is 487 g/mol. The Morgan fingerprint density at radius 1 is 1.06 bits per heavy atom. The van der Waals surface area contributed by atoms with Crippen LogP contribution in [0.25, 0.3) is 11.0 Å². The van der Waals surface area contributed by atoms with Crippen LogP contribution in [0.2, 0.25) is 0 Å². The molecule has 7 heteroatoms. The van der Waals surface area contributed by atoms with Gasteiger partial charge in [0.1, 0.15) is 5.75 Å². The summed E-state index contributed by atoms with van der Waals surface area (Å²) in [6.07, 6.45) is 1.90. The van der Waals surface area contributed by atoms with Gasteiger partial charge in [0.25, 0.3) is 5.91 Å². The molecule has 1 aliphatic heterocycles. The Bertz CT molecular complexity index is 1250. The number of fused-ring (bicyclic) bond motifs is 1. The van der Waals surface area contributed by atoms with Crippen molar-refractivity contribution in [3.8, 4) is 5.75 Å². The summed E-state index contributed by atoms with van der Waals surface area (Å²) in [5.41, 5.74) is 5.10. The highest BCUT2D eigenvalue weighted by Gasteiger charge is 2.22. The highest BCUT2D eigenvalue weighted by molar-refractivity contribution is 7.98. The third-order valence-electron chi connectivity index (χ3n) is 6.47. The summed E-state index contributed by atoms with van der Waals surface area (Å²) in [6, 6.07) is 24.3. The van der Waals surface area contributed by atoms with Gasteiger partial charge in [-0.2, -0.15) is 0 Å². The Morgan fingerprint density at radius 2 is 1.80 bits per heavy atom. The fourth-order valence-corrected chi connectivity index (χ4v) is 5.32. The van der Waals surface area contributed by atoms with Gasteiger partial charge in [0, 0.05) is 42.6 Å². The van der Waals surface area contributed by atoms with Crippen molar-refractivity contribution < 1.29 is 9.53 Å². The Labute approximate surface area is 210 Å². The molecule has 2 heterocycles. The van der Waals surface area contributed by atoms with E-state index in [0.717, 1.165) is 65.7 Å². The Kier molecular flexibility index (Phi) is 7.35. The number of methoxy groups -OCH3 is 1. The van der Waals surface area contributed by atoms with Crippen molar-refractivity contribution in [3.63, 3.8) is 0 Å². The van der Waals surface area contributed by atoms with Gasteiger partial charge in [-0.25, -0.2) is 4.98 Å². The van der Waals surface area contributed by atoms with Crippen LogP contribution in [0.1, 0.15) is 34.3 Å². The van der Waals surface area contributed by atoms with E-state index in [4.69, 9.17) is 4.74 Å². The number of ether oxygens (including phenoxy) is 1. The maximum Gasteiger partial charge on any atom is 0.251 e. The number of thioether (sulfide) groups is 1.